The van der Waals surface area contributed by atoms with Gasteiger partial charge in [-0.2, -0.15) is 0 Å². The predicted octanol–water partition coefficient (Wildman–Crippen LogP) is 2.86. The third-order valence-corrected chi connectivity index (χ3v) is 4.02. The Balaban J connectivity index is 2.11. The van der Waals surface area contributed by atoms with E-state index in [0.717, 1.165) is 5.56 Å². The predicted molar refractivity (Wildman–Crippen MR) is 97.8 cm³/mol. The third kappa shape index (κ3) is 5.24. The van der Waals surface area contributed by atoms with Crippen molar-refractivity contribution in [1.82, 2.24) is 4.90 Å². The molecule has 0 aromatic heterocycles. The number of ether oxygens (including phenoxy) is 2. The van der Waals surface area contributed by atoms with Gasteiger partial charge >= 0.3 is 5.97 Å². The van der Waals surface area contributed by atoms with Gasteiger partial charge in [0.2, 0.25) is 0 Å². The van der Waals surface area contributed by atoms with Crippen molar-refractivity contribution in [2.24, 2.45) is 0 Å². The van der Waals surface area contributed by atoms with Gasteiger partial charge < -0.3 is 19.5 Å². The van der Waals surface area contributed by atoms with Crippen LogP contribution < -0.4 is 9.47 Å². The van der Waals surface area contributed by atoms with Crippen LogP contribution in [0.2, 0.25) is 0 Å². The largest absolute Gasteiger partial charge is 0.493 e. The summed E-state index contributed by atoms with van der Waals surface area (Å²) in [6.45, 7) is 0.576. The molecule has 0 fully saturated rings. The Labute approximate surface area is 153 Å². The van der Waals surface area contributed by atoms with E-state index in [9.17, 15) is 9.59 Å². The van der Waals surface area contributed by atoms with E-state index >= 15 is 0 Å². The fourth-order valence-corrected chi connectivity index (χ4v) is 2.61. The number of carbonyl (C=O) groups excluding carboxylic acids is 1. The Kier molecular flexibility index (Phi) is 7.02. The molecule has 0 spiro atoms. The fraction of sp³-hybridized carbons (Fsp3) is 0.300. The number of methoxy groups -OCH3 is 2. The minimum Gasteiger partial charge on any atom is -0.493 e. The zero-order valence-electron chi connectivity index (χ0n) is 15.0. The number of hydrogen-bond acceptors (Lipinski definition) is 4. The topological polar surface area (TPSA) is 76.1 Å². The molecule has 1 N–H and O–H groups in total. The molecule has 0 aliphatic rings. The van der Waals surface area contributed by atoms with E-state index in [1.165, 1.54) is 0 Å². The van der Waals surface area contributed by atoms with Crippen molar-refractivity contribution in [3.63, 3.8) is 0 Å². The van der Waals surface area contributed by atoms with Crippen molar-refractivity contribution in [2.45, 2.75) is 12.8 Å². The van der Waals surface area contributed by atoms with Crippen LogP contribution in [0, 0.1) is 0 Å². The molecular formula is C20H23NO5. The number of carbonyl (C=O) groups is 2. The number of rotatable bonds is 9. The van der Waals surface area contributed by atoms with E-state index in [1.54, 1.807) is 43.4 Å². The second kappa shape index (κ2) is 9.46. The molecule has 0 aliphatic carbocycles. The molecule has 2 aromatic rings. The van der Waals surface area contributed by atoms with E-state index in [2.05, 4.69) is 0 Å². The molecule has 0 unspecified atom stereocenters. The zero-order valence-corrected chi connectivity index (χ0v) is 15.0. The SMILES string of the molecule is COc1ccc(CCN(CCC(=O)O)C(=O)c2ccccc2)cc1OC. The van der Waals surface area contributed by atoms with Gasteiger partial charge in [-0.3, -0.25) is 9.59 Å². The van der Waals surface area contributed by atoms with Crippen LogP contribution in [-0.2, 0) is 11.2 Å². The second-order valence-electron chi connectivity index (χ2n) is 5.74. The van der Waals surface area contributed by atoms with Crippen LogP contribution in [0.3, 0.4) is 0 Å². The average molecular weight is 357 g/mol. The number of amides is 1. The van der Waals surface area contributed by atoms with E-state index in [0.29, 0.717) is 30.0 Å². The molecule has 0 saturated heterocycles. The Morgan fingerprint density at radius 1 is 0.962 bits per heavy atom. The Morgan fingerprint density at radius 2 is 1.65 bits per heavy atom. The molecule has 0 saturated carbocycles. The molecule has 0 atom stereocenters. The lowest BCUT2D eigenvalue weighted by Gasteiger charge is -2.22. The zero-order chi connectivity index (χ0) is 18.9. The minimum atomic E-state index is -0.929. The number of aliphatic carboxylic acids is 1. The van der Waals surface area contributed by atoms with Gasteiger partial charge in [-0.05, 0) is 36.2 Å². The van der Waals surface area contributed by atoms with Gasteiger partial charge in [0, 0.05) is 18.7 Å². The first-order valence-corrected chi connectivity index (χ1v) is 8.32. The molecule has 0 bridgehead atoms. The first-order chi connectivity index (χ1) is 12.5. The van der Waals surface area contributed by atoms with Crippen molar-refractivity contribution in [1.29, 1.82) is 0 Å². The third-order valence-electron chi connectivity index (χ3n) is 4.02. The van der Waals surface area contributed by atoms with Crippen molar-refractivity contribution in [3.05, 3.63) is 59.7 Å². The molecule has 1 amide bonds. The highest BCUT2D eigenvalue weighted by Crippen LogP contribution is 2.27. The molecule has 2 rings (SSSR count). The first-order valence-electron chi connectivity index (χ1n) is 8.32. The van der Waals surface area contributed by atoms with Gasteiger partial charge in [-0.25, -0.2) is 0 Å². The number of nitrogens with zero attached hydrogens (tertiary/aromatic N) is 1. The molecule has 138 valence electrons. The van der Waals surface area contributed by atoms with Crippen LogP contribution in [-0.4, -0.2) is 49.2 Å². The summed E-state index contributed by atoms with van der Waals surface area (Å²) in [6.07, 6.45) is 0.489. The Hall–Kier alpha value is -3.02. The molecule has 0 aliphatic heterocycles. The number of benzene rings is 2. The second-order valence-corrected chi connectivity index (χ2v) is 5.74. The van der Waals surface area contributed by atoms with E-state index in [4.69, 9.17) is 14.6 Å². The number of carboxylic acids is 1. The normalized spacial score (nSPS) is 10.2. The Morgan fingerprint density at radius 3 is 2.27 bits per heavy atom. The maximum Gasteiger partial charge on any atom is 0.305 e. The van der Waals surface area contributed by atoms with Crippen LogP contribution >= 0.6 is 0 Å². The lowest BCUT2D eigenvalue weighted by Crippen LogP contribution is -2.34. The van der Waals surface area contributed by atoms with Crippen LogP contribution in [0.1, 0.15) is 22.3 Å². The molecular weight excluding hydrogens is 334 g/mol. The first kappa shape index (κ1) is 19.3. The lowest BCUT2D eigenvalue weighted by molar-refractivity contribution is -0.137. The van der Waals surface area contributed by atoms with Gasteiger partial charge in [-0.15, -0.1) is 0 Å². The summed E-state index contributed by atoms with van der Waals surface area (Å²) < 4.78 is 10.5. The summed E-state index contributed by atoms with van der Waals surface area (Å²) in [5.41, 5.74) is 1.52. The summed E-state index contributed by atoms with van der Waals surface area (Å²) in [6, 6.07) is 14.5. The van der Waals surface area contributed by atoms with Gasteiger partial charge in [-0.1, -0.05) is 24.3 Å². The van der Waals surface area contributed by atoms with Crippen molar-refractivity contribution >= 4 is 11.9 Å². The van der Waals surface area contributed by atoms with Gasteiger partial charge in [0.1, 0.15) is 0 Å². The van der Waals surface area contributed by atoms with Crippen LogP contribution in [0.25, 0.3) is 0 Å². The van der Waals surface area contributed by atoms with Crippen molar-refractivity contribution in [3.8, 4) is 11.5 Å². The summed E-state index contributed by atoms with van der Waals surface area (Å²) in [5, 5.41) is 8.96. The van der Waals surface area contributed by atoms with Gasteiger partial charge in [0.25, 0.3) is 5.91 Å². The molecule has 6 nitrogen and oxygen atoms in total. The molecule has 0 heterocycles. The van der Waals surface area contributed by atoms with Crippen molar-refractivity contribution in [2.75, 3.05) is 27.3 Å². The summed E-state index contributed by atoms with van der Waals surface area (Å²) in [5.74, 6) is 0.158. The van der Waals surface area contributed by atoms with E-state index in [1.807, 2.05) is 24.3 Å². The highest BCUT2D eigenvalue weighted by molar-refractivity contribution is 5.94. The summed E-state index contributed by atoms with van der Waals surface area (Å²) in [4.78, 5) is 25.2. The number of hydrogen-bond donors (Lipinski definition) is 1. The van der Waals surface area contributed by atoms with Crippen molar-refractivity contribution < 1.29 is 24.2 Å². The van der Waals surface area contributed by atoms with Gasteiger partial charge in [0.15, 0.2) is 11.5 Å². The summed E-state index contributed by atoms with van der Waals surface area (Å²) in [7, 11) is 3.14. The molecule has 6 heteroatoms. The number of carboxylic acid groups (broad SMARTS) is 1. The lowest BCUT2D eigenvalue weighted by atomic mass is 10.1. The molecule has 2 aromatic carbocycles. The monoisotopic (exact) mass is 357 g/mol. The van der Waals surface area contributed by atoms with Gasteiger partial charge in [0.05, 0.1) is 20.6 Å². The molecule has 26 heavy (non-hydrogen) atoms. The minimum absolute atomic E-state index is 0.0928. The van der Waals surface area contributed by atoms with Crippen LogP contribution in [0.4, 0.5) is 0 Å². The maximum absolute atomic E-state index is 12.7. The average Bonchev–Trinajstić information content (AvgIpc) is 2.67. The fourth-order valence-electron chi connectivity index (χ4n) is 2.61. The highest BCUT2D eigenvalue weighted by atomic mass is 16.5. The standard InChI is InChI=1S/C20H23NO5/c1-25-17-9-8-15(14-18(17)26-2)10-12-21(13-11-19(22)23)20(24)16-6-4-3-5-7-16/h3-9,14H,10-13H2,1-2H3,(H,22,23). The quantitative estimate of drug-likeness (QED) is 0.747. The van der Waals surface area contributed by atoms with E-state index in [-0.39, 0.29) is 18.9 Å². The maximum atomic E-state index is 12.7. The summed E-state index contributed by atoms with van der Waals surface area (Å²) >= 11 is 0. The van der Waals surface area contributed by atoms with Crippen LogP contribution in [0.5, 0.6) is 11.5 Å². The van der Waals surface area contributed by atoms with Crippen LogP contribution in [0.15, 0.2) is 48.5 Å². The highest BCUT2D eigenvalue weighted by Gasteiger charge is 2.17. The Bertz CT molecular complexity index is 745. The molecule has 0 radical (unpaired) electrons. The smallest absolute Gasteiger partial charge is 0.305 e. The van der Waals surface area contributed by atoms with E-state index < -0.39 is 5.97 Å².